The van der Waals surface area contributed by atoms with Gasteiger partial charge >= 0.3 is 0 Å². The number of benzene rings is 1. The molecule has 2 rings (SSSR count). The number of hydrogen-bond donors (Lipinski definition) is 1. The summed E-state index contributed by atoms with van der Waals surface area (Å²) in [6.07, 6.45) is 1.69. The van der Waals surface area contributed by atoms with Crippen molar-refractivity contribution in [2.75, 3.05) is 30.3 Å². The van der Waals surface area contributed by atoms with E-state index >= 15 is 0 Å². The molecule has 0 aliphatic carbocycles. The van der Waals surface area contributed by atoms with Crippen LogP contribution in [0.15, 0.2) is 18.2 Å². The van der Waals surface area contributed by atoms with Gasteiger partial charge in [-0.1, -0.05) is 6.07 Å². The third kappa shape index (κ3) is 4.38. The molecule has 23 heavy (non-hydrogen) atoms. The van der Waals surface area contributed by atoms with Gasteiger partial charge in [0.25, 0.3) is 0 Å². The second-order valence-electron chi connectivity index (χ2n) is 5.20. The SMILES string of the molecule is CS(=O)(=O)N(CCNC(=O)C1CCCO1)c1c(F)cccc1F. The van der Waals surface area contributed by atoms with Gasteiger partial charge in [0.1, 0.15) is 11.8 Å². The maximum atomic E-state index is 13.8. The minimum absolute atomic E-state index is 0.0838. The Morgan fingerprint density at radius 3 is 2.57 bits per heavy atom. The van der Waals surface area contributed by atoms with Gasteiger partial charge in [0.2, 0.25) is 15.9 Å². The molecular weight excluding hydrogens is 330 g/mol. The first-order chi connectivity index (χ1) is 10.8. The predicted molar refractivity (Wildman–Crippen MR) is 80.5 cm³/mol. The van der Waals surface area contributed by atoms with Crippen LogP contribution < -0.4 is 9.62 Å². The fraction of sp³-hybridized carbons (Fsp3) is 0.500. The fourth-order valence-electron chi connectivity index (χ4n) is 2.35. The lowest BCUT2D eigenvalue weighted by atomic mass is 10.2. The molecular formula is C14H18F2N2O4S. The molecule has 1 atom stereocenters. The number of carbonyl (C=O) groups is 1. The van der Waals surface area contributed by atoms with Crippen molar-refractivity contribution in [3.63, 3.8) is 0 Å². The van der Waals surface area contributed by atoms with E-state index in [9.17, 15) is 22.0 Å². The number of hydrogen-bond acceptors (Lipinski definition) is 4. The minimum atomic E-state index is -3.91. The topological polar surface area (TPSA) is 75.7 Å². The third-order valence-corrected chi connectivity index (χ3v) is 4.59. The summed E-state index contributed by atoms with van der Waals surface area (Å²) in [4.78, 5) is 11.8. The van der Waals surface area contributed by atoms with E-state index < -0.39 is 33.4 Å². The molecule has 1 aromatic carbocycles. The zero-order chi connectivity index (χ0) is 17.0. The van der Waals surface area contributed by atoms with E-state index in [4.69, 9.17) is 4.74 Å². The first-order valence-corrected chi connectivity index (χ1v) is 8.96. The molecule has 1 unspecified atom stereocenters. The molecule has 1 heterocycles. The maximum absolute atomic E-state index is 13.8. The predicted octanol–water partition coefficient (Wildman–Crippen LogP) is 1.03. The van der Waals surface area contributed by atoms with Crippen molar-refractivity contribution in [2.24, 2.45) is 0 Å². The Hall–Kier alpha value is -1.74. The molecule has 1 N–H and O–H groups in total. The van der Waals surface area contributed by atoms with Crippen LogP contribution >= 0.6 is 0 Å². The van der Waals surface area contributed by atoms with Crippen molar-refractivity contribution in [3.05, 3.63) is 29.8 Å². The Kier molecular flexibility index (Phi) is 5.53. The summed E-state index contributed by atoms with van der Waals surface area (Å²) >= 11 is 0. The number of para-hydroxylation sites is 1. The molecule has 128 valence electrons. The van der Waals surface area contributed by atoms with E-state index in [2.05, 4.69) is 5.32 Å². The highest BCUT2D eigenvalue weighted by atomic mass is 32.2. The van der Waals surface area contributed by atoms with Gasteiger partial charge in [0.15, 0.2) is 11.6 Å². The molecule has 9 heteroatoms. The smallest absolute Gasteiger partial charge is 0.249 e. The average molecular weight is 348 g/mol. The number of nitrogens with zero attached hydrogens (tertiary/aromatic N) is 1. The van der Waals surface area contributed by atoms with Gasteiger partial charge in [0.05, 0.1) is 12.8 Å². The zero-order valence-electron chi connectivity index (χ0n) is 12.6. The van der Waals surface area contributed by atoms with Crippen molar-refractivity contribution < 1.29 is 26.7 Å². The Bertz CT molecular complexity index is 655. The quantitative estimate of drug-likeness (QED) is 0.833. The summed E-state index contributed by atoms with van der Waals surface area (Å²) in [5.41, 5.74) is -0.652. The molecule has 1 saturated heterocycles. The van der Waals surface area contributed by atoms with E-state index in [1.54, 1.807) is 0 Å². The largest absolute Gasteiger partial charge is 0.368 e. The minimum Gasteiger partial charge on any atom is -0.368 e. The van der Waals surface area contributed by atoms with E-state index in [0.29, 0.717) is 17.3 Å². The molecule has 0 spiro atoms. The van der Waals surface area contributed by atoms with Gasteiger partial charge in [-0.25, -0.2) is 17.2 Å². The Morgan fingerprint density at radius 2 is 2.04 bits per heavy atom. The van der Waals surface area contributed by atoms with E-state index in [-0.39, 0.29) is 19.0 Å². The summed E-state index contributed by atoms with van der Waals surface area (Å²) in [6.45, 7) is 0.142. The van der Waals surface area contributed by atoms with Crippen LogP contribution in [0.4, 0.5) is 14.5 Å². The van der Waals surface area contributed by atoms with Gasteiger partial charge in [0, 0.05) is 13.2 Å². The van der Waals surface area contributed by atoms with Crippen LogP contribution in [-0.4, -0.2) is 46.4 Å². The summed E-state index contributed by atoms with van der Waals surface area (Å²) in [5.74, 6) is -2.33. The van der Waals surface area contributed by atoms with Crippen LogP contribution in [0.5, 0.6) is 0 Å². The number of carbonyl (C=O) groups excluding carboxylic acids is 1. The summed E-state index contributed by atoms with van der Waals surface area (Å²) in [6, 6.07) is 3.09. The Morgan fingerprint density at radius 1 is 1.39 bits per heavy atom. The highest BCUT2D eigenvalue weighted by Crippen LogP contribution is 2.25. The van der Waals surface area contributed by atoms with Crippen molar-refractivity contribution in [1.82, 2.24) is 5.32 Å². The highest BCUT2D eigenvalue weighted by Gasteiger charge is 2.26. The Balaban J connectivity index is 2.07. The molecule has 0 bridgehead atoms. The van der Waals surface area contributed by atoms with Crippen LogP contribution in [0.2, 0.25) is 0 Å². The summed E-state index contributed by atoms with van der Waals surface area (Å²) in [5, 5.41) is 2.52. The molecule has 1 amide bonds. The Labute approximate surface area is 133 Å². The molecule has 0 aromatic heterocycles. The van der Waals surface area contributed by atoms with Gasteiger partial charge in [-0.2, -0.15) is 0 Å². The molecule has 6 nitrogen and oxygen atoms in total. The normalized spacial score (nSPS) is 18.0. The summed E-state index contributed by atoms with van der Waals surface area (Å²) < 4.78 is 57.1. The van der Waals surface area contributed by atoms with Crippen LogP contribution in [-0.2, 0) is 19.6 Å². The third-order valence-electron chi connectivity index (χ3n) is 3.42. The molecule has 1 aromatic rings. The van der Waals surface area contributed by atoms with E-state index in [1.165, 1.54) is 0 Å². The lowest BCUT2D eigenvalue weighted by molar-refractivity contribution is -0.129. The number of ether oxygens (including phenoxy) is 1. The number of anilines is 1. The van der Waals surface area contributed by atoms with Crippen molar-refractivity contribution in [3.8, 4) is 0 Å². The fourth-order valence-corrected chi connectivity index (χ4v) is 3.28. The van der Waals surface area contributed by atoms with Crippen LogP contribution in [0.1, 0.15) is 12.8 Å². The van der Waals surface area contributed by atoms with Crippen molar-refractivity contribution >= 4 is 21.6 Å². The van der Waals surface area contributed by atoms with Crippen LogP contribution in [0.25, 0.3) is 0 Å². The van der Waals surface area contributed by atoms with Gasteiger partial charge in [-0.3, -0.25) is 9.10 Å². The van der Waals surface area contributed by atoms with Gasteiger partial charge < -0.3 is 10.1 Å². The first-order valence-electron chi connectivity index (χ1n) is 7.11. The van der Waals surface area contributed by atoms with Gasteiger partial charge in [-0.15, -0.1) is 0 Å². The van der Waals surface area contributed by atoms with Crippen LogP contribution in [0, 0.1) is 11.6 Å². The average Bonchev–Trinajstić information content (AvgIpc) is 2.98. The highest BCUT2D eigenvalue weighted by molar-refractivity contribution is 7.92. The molecule has 1 aliphatic rings. The standard InChI is InChI=1S/C14H18F2N2O4S/c1-23(20,21)18(13-10(15)4-2-5-11(13)16)8-7-17-14(19)12-6-3-9-22-12/h2,4-5,12H,3,6-9H2,1H3,(H,17,19). The lowest BCUT2D eigenvalue weighted by Gasteiger charge is -2.23. The van der Waals surface area contributed by atoms with Crippen molar-refractivity contribution in [2.45, 2.75) is 18.9 Å². The number of sulfonamides is 1. The van der Waals surface area contributed by atoms with Gasteiger partial charge in [-0.05, 0) is 25.0 Å². The molecule has 1 aliphatic heterocycles. The summed E-state index contributed by atoms with van der Waals surface area (Å²) in [7, 11) is -3.91. The lowest BCUT2D eigenvalue weighted by Crippen LogP contribution is -2.42. The molecule has 1 fully saturated rings. The number of amides is 1. The van der Waals surface area contributed by atoms with Crippen molar-refractivity contribution in [1.29, 1.82) is 0 Å². The monoisotopic (exact) mass is 348 g/mol. The zero-order valence-corrected chi connectivity index (χ0v) is 13.4. The second-order valence-corrected chi connectivity index (χ2v) is 7.10. The molecule has 0 radical (unpaired) electrons. The second kappa shape index (κ2) is 7.22. The number of rotatable bonds is 6. The molecule has 0 saturated carbocycles. The van der Waals surface area contributed by atoms with E-state index in [1.807, 2.05) is 0 Å². The van der Waals surface area contributed by atoms with E-state index in [0.717, 1.165) is 30.9 Å². The number of nitrogens with one attached hydrogen (secondary N) is 1. The number of halogens is 2. The van der Waals surface area contributed by atoms with Crippen LogP contribution in [0.3, 0.4) is 0 Å². The maximum Gasteiger partial charge on any atom is 0.249 e. The first kappa shape index (κ1) is 17.6.